The van der Waals surface area contributed by atoms with Crippen LogP contribution in [-0.4, -0.2) is 68.6 Å². The number of likely N-dealkylation sites (N-methyl/N-ethyl adjacent to an activating group) is 1. The van der Waals surface area contributed by atoms with Crippen LogP contribution in [0.15, 0.2) is 24.3 Å². The van der Waals surface area contributed by atoms with Gasteiger partial charge in [-0.05, 0) is 33.2 Å². The Hall–Kier alpha value is -1.79. The van der Waals surface area contributed by atoms with Gasteiger partial charge in [0.15, 0.2) is 6.61 Å². The fourth-order valence-corrected chi connectivity index (χ4v) is 2.12. The topological polar surface area (TPSA) is 59.1 Å². The third-order valence-electron chi connectivity index (χ3n) is 3.25. The lowest BCUT2D eigenvalue weighted by molar-refractivity contribution is -0.144. The first-order valence-electron chi connectivity index (χ1n) is 7.89. The Balaban J connectivity index is 2.58. The average molecular weight is 357 g/mol. The number of rotatable bonds is 10. The van der Waals surface area contributed by atoms with Crippen molar-refractivity contribution in [1.29, 1.82) is 0 Å². The van der Waals surface area contributed by atoms with Gasteiger partial charge in [-0.1, -0.05) is 23.7 Å². The Morgan fingerprint density at radius 2 is 1.83 bits per heavy atom. The summed E-state index contributed by atoms with van der Waals surface area (Å²) in [6, 6.07) is 6.99. The molecule has 0 saturated carbocycles. The maximum atomic E-state index is 12.4. The zero-order chi connectivity index (χ0) is 17.9. The molecule has 0 N–H and O–H groups in total. The van der Waals surface area contributed by atoms with E-state index in [-0.39, 0.29) is 24.9 Å². The van der Waals surface area contributed by atoms with Crippen molar-refractivity contribution in [3.8, 4) is 5.75 Å². The molecule has 0 fully saturated rings. The van der Waals surface area contributed by atoms with Gasteiger partial charge >= 0.3 is 5.97 Å². The van der Waals surface area contributed by atoms with E-state index in [0.717, 1.165) is 0 Å². The Morgan fingerprint density at radius 1 is 1.12 bits per heavy atom. The Kier molecular flexibility index (Phi) is 9.19. The summed E-state index contributed by atoms with van der Waals surface area (Å²) in [6.45, 7) is 3.47. The second-order valence-electron chi connectivity index (χ2n) is 5.46. The van der Waals surface area contributed by atoms with Gasteiger partial charge in [0.25, 0.3) is 5.91 Å². The Labute approximate surface area is 148 Å². The van der Waals surface area contributed by atoms with E-state index in [9.17, 15) is 9.59 Å². The van der Waals surface area contributed by atoms with Gasteiger partial charge < -0.3 is 19.3 Å². The van der Waals surface area contributed by atoms with E-state index in [1.54, 1.807) is 36.1 Å². The molecule has 0 heterocycles. The summed E-state index contributed by atoms with van der Waals surface area (Å²) in [4.78, 5) is 27.5. The van der Waals surface area contributed by atoms with Crippen molar-refractivity contribution in [2.45, 2.75) is 13.3 Å². The minimum atomic E-state index is -0.313. The molecule has 0 aromatic heterocycles. The van der Waals surface area contributed by atoms with Gasteiger partial charge in [-0.3, -0.25) is 9.59 Å². The second kappa shape index (κ2) is 10.9. The number of hydrogen-bond donors (Lipinski definition) is 0. The largest absolute Gasteiger partial charge is 0.482 e. The third-order valence-corrected chi connectivity index (χ3v) is 3.56. The van der Waals surface area contributed by atoms with E-state index in [1.165, 1.54) is 0 Å². The van der Waals surface area contributed by atoms with Crippen LogP contribution >= 0.6 is 11.6 Å². The van der Waals surface area contributed by atoms with Gasteiger partial charge in [0, 0.05) is 19.6 Å². The number of nitrogens with zero attached hydrogens (tertiary/aromatic N) is 2. The molecule has 0 aliphatic carbocycles. The number of hydrogen-bond acceptors (Lipinski definition) is 5. The van der Waals surface area contributed by atoms with Crippen molar-refractivity contribution < 1.29 is 19.1 Å². The summed E-state index contributed by atoms with van der Waals surface area (Å²) >= 11 is 6.01. The highest BCUT2D eigenvalue weighted by atomic mass is 35.5. The SMILES string of the molecule is CCOC(=O)CCN(CCN(C)C)C(=O)COc1ccccc1Cl. The van der Waals surface area contributed by atoms with Gasteiger partial charge in [-0.25, -0.2) is 0 Å². The first-order valence-corrected chi connectivity index (χ1v) is 8.27. The van der Waals surface area contributed by atoms with Crippen LogP contribution < -0.4 is 4.74 Å². The van der Waals surface area contributed by atoms with Gasteiger partial charge in [0.2, 0.25) is 0 Å². The van der Waals surface area contributed by atoms with Crippen molar-refractivity contribution in [2.24, 2.45) is 0 Å². The van der Waals surface area contributed by atoms with Crippen LogP contribution in [0.5, 0.6) is 5.75 Å². The van der Waals surface area contributed by atoms with E-state index < -0.39 is 0 Å². The number of amides is 1. The van der Waals surface area contributed by atoms with Crippen LogP contribution in [0.2, 0.25) is 5.02 Å². The molecule has 0 spiro atoms. The zero-order valence-electron chi connectivity index (χ0n) is 14.5. The van der Waals surface area contributed by atoms with E-state index in [1.807, 2.05) is 19.0 Å². The number of halogens is 1. The summed E-state index contributed by atoms with van der Waals surface area (Å²) in [5.74, 6) is -0.0429. The number of carbonyl (C=O) groups excluding carboxylic acids is 2. The van der Waals surface area contributed by atoms with Crippen LogP contribution in [-0.2, 0) is 14.3 Å². The summed E-state index contributed by atoms with van der Waals surface area (Å²) < 4.78 is 10.4. The number of esters is 1. The Morgan fingerprint density at radius 3 is 2.46 bits per heavy atom. The molecule has 6 nitrogen and oxygen atoms in total. The number of benzene rings is 1. The van der Waals surface area contributed by atoms with E-state index in [0.29, 0.717) is 37.0 Å². The maximum absolute atomic E-state index is 12.4. The maximum Gasteiger partial charge on any atom is 0.307 e. The van der Waals surface area contributed by atoms with Gasteiger partial charge in [0.1, 0.15) is 5.75 Å². The summed E-state index contributed by atoms with van der Waals surface area (Å²) in [7, 11) is 3.85. The van der Waals surface area contributed by atoms with E-state index in [4.69, 9.17) is 21.1 Å². The molecule has 0 aliphatic heterocycles. The summed E-state index contributed by atoms with van der Waals surface area (Å²) in [5, 5.41) is 0.455. The van der Waals surface area contributed by atoms with Crippen molar-refractivity contribution in [3.63, 3.8) is 0 Å². The quantitative estimate of drug-likeness (QED) is 0.601. The molecule has 0 bridgehead atoms. The van der Waals surface area contributed by atoms with Gasteiger partial charge in [-0.2, -0.15) is 0 Å². The predicted octanol–water partition coefficient (Wildman–Crippen LogP) is 2.06. The van der Waals surface area contributed by atoms with Crippen LogP contribution in [0.3, 0.4) is 0 Å². The first-order chi connectivity index (χ1) is 11.4. The van der Waals surface area contributed by atoms with E-state index >= 15 is 0 Å². The minimum absolute atomic E-state index is 0.125. The van der Waals surface area contributed by atoms with Crippen LogP contribution in [0, 0.1) is 0 Å². The highest BCUT2D eigenvalue weighted by Crippen LogP contribution is 2.22. The van der Waals surface area contributed by atoms with E-state index in [2.05, 4.69) is 0 Å². The average Bonchev–Trinajstić information content (AvgIpc) is 2.54. The lowest BCUT2D eigenvalue weighted by Crippen LogP contribution is -2.40. The predicted molar refractivity (Wildman–Crippen MR) is 93.3 cm³/mol. The third kappa shape index (κ3) is 7.66. The normalized spacial score (nSPS) is 10.5. The van der Waals surface area contributed by atoms with Gasteiger partial charge in [-0.15, -0.1) is 0 Å². The molecule has 1 aromatic rings. The molecule has 1 amide bonds. The highest BCUT2D eigenvalue weighted by Gasteiger charge is 2.17. The standard InChI is InChI=1S/C17H25ClN2O4/c1-4-23-17(22)9-10-20(12-11-19(2)3)16(21)13-24-15-8-6-5-7-14(15)18/h5-8H,4,9-13H2,1-3H3. The number of ether oxygens (including phenoxy) is 2. The molecule has 7 heteroatoms. The molecule has 24 heavy (non-hydrogen) atoms. The molecule has 0 atom stereocenters. The van der Waals surface area contributed by atoms with Crippen molar-refractivity contribution in [1.82, 2.24) is 9.80 Å². The highest BCUT2D eigenvalue weighted by molar-refractivity contribution is 6.32. The van der Waals surface area contributed by atoms with Crippen molar-refractivity contribution in [2.75, 3.05) is 46.9 Å². The van der Waals surface area contributed by atoms with Crippen LogP contribution in [0.1, 0.15) is 13.3 Å². The lowest BCUT2D eigenvalue weighted by Gasteiger charge is -2.24. The monoisotopic (exact) mass is 356 g/mol. The molecule has 0 aliphatic rings. The van der Waals surface area contributed by atoms with Crippen LogP contribution in [0.4, 0.5) is 0 Å². The van der Waals surface area contributed by atoms with Crippen LogP contribution in [0.25, 0.3) is 0 Å². The molecule has 0 radical (unpaired) electrons. The fraction of sp³-hybridized carbons (Fsp3) is 0.529. The fourth-order valence-electron chi connectivity index (χ4n) is 1.93. The summed E-state index contributed by atoms with van der Waals surface area (Å²) in [6.07, 6.45) is 0.166. The van der Waals surface area contributed by atoms with Gasteiger partial charge in [0.05, 0.1) is 18.1 Å². The molecule has 0 saturated heterocycles. The molecular weight excluding hydrogens is 332 g/mol. The summed E-state index contributed by atoms with van der Waals surface area (Å²) in [5.41, 5.74) is 0. The van der Waals surface area contributed by atoms with Crippen molar-refractivity contribution in [3.05, 3.63) is 29.3 Å². The van der Waals surface area contributed by atoms with Crippen molar-refractivity contribution >= 4 is 23.5 Å². The molecule has 0 unspecified atom stereocenters. The first kappa shape index (κ1) is 20.3. The molecule has 1 rings (SSSR count). The zero-order valence-corrected chi connectivity index (χ0v) is 15.2. The molecule has 134 valence electrons. The lowest BCUT2D eigenvalue weighted by atomic mass is 10.3. The second-order valence-corrected chi connectivity index (χ2v) is 5.87. The Bertz CT molecular complexity index is 537. The molecular formula is C17H25ClN2O4. The number of para-hydroxylation sites is 1. The minimum Gasteiger partial charge on any atom is -0.482 e. The molecule has 1 aromatic carbocycles. The smallest absolute Gasteiger partial charge is 0.307 e. The number of carbonyl (C=O) groups is 2.